The van der Waals surface area contributed by atoms with Gasteiger partial charge in [-0.3, -0.25) is 0 Å². The molecule has 0 radical (unpaired) electrons. The number of hydrogen-bond donors (Lipinski definition) is 0. The van der Waals surface area contributed by atoms with E-state index in [0.717, 1.165) is 49.8 Å². The van der Waals surface area contributed by atoms with Crippen molar-refractivity contribution in [2.75, 3.05) is 0 Å². The van der Waals surface area contributed by atoms with Gasteiger partial charge in [-0.05, 0) is 121 Å². The molecule has 5 heteroatoms. The van der Waals surface area contributed by atoms with E-state index in [-0.39, 0.29) is 72.4 Å². The van der Waals surface area contributed by atoms with Crippen LogP contribution in [0.5, 0.6) is 0 Å². The van der Waals surface area contributed by atoms with E-state index >= 15 is 0 Å². The zero-order chi connectivity index (χ0) is 57.6. The predicted molar refractivity (Wildman–Crippen MR) is 297 cm³/mol. The summed E-state index contributed by atoms with van der Waals surface area (Å²) in [6.07, 6.45) is 0. The molecular formula is C66H41N5. The Morgan fingerprint density at radius 3 is 1.48 bits per heavy atom. The Labute approximate surface area is 425 Å². The molecule has 71 heavy (non-hydrogen) atoms. The molecule has 0 saturated heterocycles. The molecule has 0 spiro atoms. The molecule has 0 unspecified atom stereocenters. The lowest BCUT2D eigenvalue weighted by atomic mass is 10.0. The van der Waals surface area contributed by atoms with E-state index in [2.05, 4.69) is 94.1 Å². The smallest absolute Gasteiger partial charge is 0.0652 e. The van der Waals surface area contributed by atoms with Crippen molar-refractivity contribution in [1.29, 1.82) is 0 Å². The summed E-state index contributed by atoms with van der Waals surface area (Å²) in [5, 5.41) is 4.66. The van der Waals surface area contributed by atoms with Crippen molar-refractivity contribution < 1.29 is 17.8 Å². The number of aromatic nitrogens is 5. The minimum atomic E-state index is -0.572. The predicted octanol–water partition coefficient (Wildman–Crippen LogP) is 17.1. The summed E-state index contributed by atoms with van der Waals surface area (Å²) in [5.74, 6) is 0. The fourth-order valence-electron chi connectivity index (χ4n) is 11.4. The Hall–Kier alpha value is -9.58. The van der Waals surface area contributed by atoms with Crippen molar-refractivity contribution in [1.82, 2.24) is 22.8 Å². The van der Waals surface area contributed by atoms with Crippen LogP contribution in [0.1, 0.15) is 17.8 Å². The monoisotopic (exact) mass is 916 g/mol. The normalized spacial score (nSPS) is 14.8. The van der Waals surface area contributed by atoms with Gasteiger partial charge in [-0.15, -0.1) is 0 Å². The van der Waals surface area contributed by atoms with Crippen LogP contribution >= 0.6 is 0 Å². The van der Waals surface area contributed by atoms with Crippen molar-refractivity contribution >= 4 is 98.3 Å². The highest BCUT2D eigenvalue weighted by Crippen LogP contribution is 2.45. The minimum absolute atomic E-state index is 0.0180. The Bertz CT molecular complexity index is 5480. The van der Waals surface area contributed by atoms with Crippen LogP contribution in [0.2, 0.25) is 0 Å². The van der Waals surface area contributed by atoms with Gasteiger partial charge in [0.2, 0.25) is 0 Å². The summed E-state index contributed by atoms with van der Waals surface area (Å²) in [4.78, 5) is 0. The van der Waals surface area contributed by atoms with E-state index in [9.17, 15) is 13.7 Å². The summed E-state index contributed by atoms with van der Waals surface area (Å²) in [7, 11) is 0. The third kappa shape index (κ3) is 5.29. The molecule has 0 aliphatic rings. The Balaban J connectivity index is 0.934. The molecule has 5 heterocycles. The first-order chi connectivity index (χ1) is 40.7. The number of para-hydroxylation sites is 6. The molecule has 5 nitrogen and oxygen atoms in total. The molecule has 330 valence electrons. The molecule has 0 atom stereocenters. The second-order valence-corrected chi connectivity index (χ2v) is 17.9. The van der Waals surface area contributed by atoms with Crippen molar-refractivity contribution in [3.63, 3.8) is 0 Å². The molecular weight excluding hydrogens is 863 g/mol. The number of fused-ring (bicyclic) bond motifs is 9. The zero-order valence-corrected chi connectivity index (χ0v) is 37.4. The lowest BCUT2D eigenvalue weighted by molar-refractivity contribution is 1.15. The lowest BCUT2D eigenvalue weighted by Crippen LogP contribution is -2.00. The van der Waals surface area contributed by atoms with Gasteiger partial charge in [0.15, 0.2) is 0 Å². The average molecular weight is 917 g/mol. The van der Waals surface area contributed by atoms with Crippen LogP contribution in [0.25, 0.3) is 138 Å². The molecule has 16 rings (SSSR count). The zero-order valence-electron chi connectivity index (χ0n) is 50.4. The number of hydrogen-bond acceptors (Lipinski definition) is 0. The van der Waals surface area contributed by atoms with Crippen LogP contribution in [-0.4, -0.2) is 22.8 Å². The van der Waals surface area contributed by atoms with Crippen LogP contribution in [0.3, 0.4) is 0 Å². The van der Waals surface area contributed by atoms with Gasteiger partial charge in [-0.2, -0.15) is 0 Å². The van der Waals surface area contributed by atoms with Crippen LogP contribution < -0.4 is 0 Å². The summed E-state index contributed by atoms with van der Waals surface area (Å²) >= 11 is 0. The van der Waals surface area contributed by atoms with Crippen molar-refractivity contribution in [2.24, 2.45) is 0 Å². The first kappa shape index (κ1) is 28.0. The van der Waals surface area contributed by atoms with E-state index in [1.165, 1.54) is 19.9 Å². The van der Waals surface area contributed by atoms with Gasteiger partial charge in [0.05, 0.1) is 78.7 Å². The Morgan fingerprint density at radius 1 is 0.268 bits per heavy atom. The minimum Gasteiger partial charge on any atom is -0.309 e. The van der Waals surface area contributed by atoms with E-state index in [1.54, 1.807) is 34.9 Å². The van der Waals surface area contributed by atoms with E-state index in [0.29, 0.717) is 16.9 Å². The van der Waals surface area contributed by atoms with E-state index < -0.39 is 66.5 Å². The number of nitrogens with zero attached hydrogens (tertiary/aromatic N) is 5. The van der Waals surface area contributed by atoms with Gasteiger partial charge < -0.3 is 22.8 Å². The van der Waals surface area contributed by atoms with Gasteiger partial charge in [-0.25, -0.2) is 0 Å². The van der Waals surface area contributed by atoms with Crippen molar-refractivity contribution in [3.8, 4) is 39.6 Å². The largest absolute Gasteiger partial charge is 0.309 e. The summed E-state index contributed by atoms with van der Waals surface area (Å²) in [6, 6.07) is 49.6. The Kier molecular flexibility index (Phi) is 5.71. The topological polar surface area (TPSA) is 24.6 Å². The molecule has 16 aromatic rings. The molecule has 0 bridgehead atoms. The molecule has 0 saturated carbocycles. The van der Waals surface area contributed by atoms with E-state index in [4.69, 9.17) is 4.11 Å². The lowest BCUT2D eigenvalue weighted by Gasteiger charge is -2.17. The molecule has 0 amide bonds. The number of rotatable bonds is 6. The first-order valence-corrected chi connectivity index (χ1v) is 23.4. The maximum Gasteiger partial charge on any atom is 0.0652 e. The van der Waals surface area contributed by atoms with Gasteiger partial charge in [0.1, 0.15) is 0 Å². The van der Waals surface area contributed by atoms with Gasteiger partial charge in [0.25, 0.3) is 0 Å². The molecule has 0 aliphatic heterocycles. The highest BCUT2D eigenvalue weighted by Gasteiger charge is 2.25. The number of benzene rings is 11. The third-order valence-electron chi connectivity index (χ3n) is 14.3. The second kappa shape index (κ2) is 14.5. The van der Waals surface area contributed by atoms with Crippen LogP contribution in [-0.2, 0) is 0 Å². The van der Waals surface area contributed by atoms with E-state index in [1.807, 2.05) is 54.6 Å². The summed E-state index contributed by atoms with van der Waals surface area (Å²) in [5.41, 5.74) is 8.00. The van der Waals surface area contributed by atoms with Gasteiger partial charge in [-0.1, -0.05) is 133 Å². The highest BCUT2D eigenvalue weighted by atomic mass is 15.0. The SMILES string of the molecule is [2H]c1c([2H])c([2H])c2c(c1[2H])c1c([2H])c(-n3c4c([2H])c([2H])c([2H])c5c4c4c(c([2H])c([2H])c([2H])c43)n5-c3ccccc3-c3cccc(-n4c5ccccc5c5cc(-n6c7ccccc7c7ccccc76)ccc54)c3)c([2H])c([2H])c1n2-c1ccccc1. The first-order valence-electron chi connectivity index (χ1n) is 29.9. The summed E-state index contributed by atoms with van der Waals surface area (Å²) in [6.45, 7) is 0. The van der Waals surface area contributed by atoms with Crippen molar-refractivity contribution in [3.05, 3.63) is 248 Å². The maximum atomic E-state index is 10.1. The highest BCUT2D eigenvalue weighted by molar-refractivity contribution is 6.26. The average Bonchev–Trinajstić information content (AvgIpc) is 1.52. The van der Waals surface area contributed by atoms with Crippen LogP contribution in [0.15, 0.2) is 248 Å². The standard InChI is InChI=1S/C66H41N5/c1-2-18-43(19-3-1)67-57-29-12-7-24-50(57)52-41-46(36-37-59(52)67)70-61-31-15-33-63-65(61)66-62(70)32-16-34-64(66)71(63)54-26-9-4-21-47(54)42-17-14-20-44(39-42)68-58-30-13-8-25-51(58)53-40-45(35-38-60(53)68)69-55-27-10-5-22-48(55)49-23-6-11-28-56(49)69/h1-41H/i7D,12D,15D,16D,24D,29D,31D,32D,33D,34D,36D,37D,41D. The van der Waals surface area contributed by atoms with Crippen LogP contribution in [0, 0.1) is 0 Å². The molecule has 0 aliphatic carbocycles. The molecule has 0 fully saturated rings. The van der Waals surface area contributed by atoms with Crippen molar-refractivity contribution in [2.45, 2.75) is 0 Å². The molecule has 5 aromatic heterocycles. The Morgan fingerprint density at radius 2 is 0.775 bits per heavy atom. The third-order valence-corrected chi connectivity index (χ3v) is 14.3. The second-order valence-electron chi connectivity index (χ2n) is 17.9. The summed E-state index contributed by atoms with van der Waals surface area (Å²) < 4.78 is 132. The fraction of sp³-hybridized carbons (Fsp3) is 0. The maximum absolute atomic E-state index is 10.1. The van der Waals surface area contributed by atoms with Crippen LogP contribution in [0.4, 0.5) is 0 Å². The van der Waals surface area contributed by atoms with Gasteiger partial charge >= 0.3 is 0 Å². The molecule has 0 N–H and O–H groups in total. The fourth-order valence-corrected chi connectivity index (χ4v) is 11.4. The van der Waals surface area contributed by atoms with Gasteiger partial charge in [0, 0.05) is 71.4 Å². The quantitative estimate of drug-likeness (QED) is 0.159. The molecule has 11 aromatic carbocycles.